The molecule has 2 rings (SSSR count). The molecule has 1 aliphatic rings. The number of nitrogens with zero attached hydrogens (tertiary/aromatic N) is 2. The maximum absolute atomic E-state index is 10.9. The van der Waals surface area contributed by atoms with E-state index < -0.39 is 0 Å². The Morgan fingerprint density at radius 3 is 3.14 bits per heavy atom. The van der Waals surface area contributed by atoms with E-state index in [9.17, 15) is 4.79 Å². The highest BCUT2D eigenvalue weighted by molar-refractivity contribution is 7.80. The van der Waals surface area contributed by atoms with Crippen molar-refractivity contribution in [2.75, 3.05) is 6.54 Å². The third kappa shape index (κ3) is 1.80. The minimum Gasteiger partial charge on any atom is -0.463 e. The minimum atomic E-state index is -0.147. The molecule has 0 spiro atoms. The van der Waals surface area contributed by atoms with E-state index in [4.69, 9.17) is 16.6 Å². The van der Waals surface area contributed by atoms with Gasteiger partial charge in [0.2, 0.25) is 5.91 Å². The van der Waals surface area contributed by atoms with E-state index in [2.05, 4.69) is 10.4 Å². The van der Waals surface area contributed by atoms with Crippen LogP contribution in [-0.2, 0) is 4.79 Å². The normalized spacial score (nSPS) is 16.7. The molecule has 1 aromatic rings. The van der Waals surface area contributed by atoms with Crippen LogP contribution in [0.4, 0.5) is 0 Å². The molecule has 0 radical (unpaired) electrons. The van der Waals surface area contributed by atoms with Gasteiger partial charge in [0.25, 0.3) is 0 Å². The van der Waals surface area contributed by atoms with Crippen LogP contribution >= 0.6 is 12.2 Å². The van der Waals surface area contributed by atoms with Crippen molar-refractivity contribution in [2.24, 2.45) is 5.10 Å². The monoisotopic (exact) mass is 209 g/mol. The number of rotatable bonds is 2. The van der Waals surface area contributed by atoms with Crippen LogP contribution in [0.15, 0.2) is 27.9 Å². The summed E-state index contributed by atoms with van der Waals surface area (Å²) < 4.78 is 5.03. The van der Waals surface area contributed by atoms with Gasteiger partial charge in [-0.3, -0.25) is 10.1 Å². The van der Waals surface area contributed by atoms with E-state index in [1.54, 1.807) is 18.4 Å². The van der Waals surface area contributed by atoms with E-state index in [0.717, 1.165) is 0 Å². The molecule has 1 N–H and O–H groups in total. The second kappa shape index (κ2) is 3.59. The smallest absolute Gasteiger partial charge is 0.248 e. The molecule has 1 fully saturated rings. The molecule has 14 heavy (non-hydrogen) atoms. The SMILES string of the molecule is O=C1CN(/N=C/c2ccco2)C(=S)N1. The standard InChI is InChI=1S/C8H7N3O2S/c12-7-5-11(8(14)10-7)9-4-6-2-1-3-13-6/h1-4H,5H2,(H,10,12,14)/b9-4+. The van der Waals surface area contributed by atoms with Crippen molar-refractivity contribution in [1.82, 2.24) is 10.3 Å². The Hall–Kier alpha value is -1.69. The summed E-state index contributed by atoms with van der Waals surface area (Å²) in [6.07, 6.45) is 3.06. The Balaban J connectivity index is 2.04. The van der Waals surface area contributed by atoms with Crippen molar-refractivity contribution < 1.29 is 9.21 Å². The Morgan fingerprint density at radius 1 is 1.71 bits per heavy atom. The minimum absolute atomic E-state index is 0.147. The van der Waals surface area contributed by atoms with E-state index in [1.165, 1.54) is 11.2 Å². The molecule has 0 aromatic carbocycles. The van der Waals surface area contributed by atoms with Gasteiger partial charge in [0.05, 0.1) is 12.5 Å². The van der Waals surface area contributed by atoms with Gasteiger partial charge in [-0.15, -0.1) is 0 Å². The first kappa shape index (κ1) is 8.89. The summed E-state index contributed by atoms with van der Waals surface area (Å²) in [5, 5.41) is 8.18. The second-order valence-corrected chi connectivity index (χ2v) is 3.06. The third-order valence-corrected chi connectivity index (χ3v) is 1.95. The predicted molar refractivity (Wildman–Crippen MR) is 53.7 cm³/mol. The maximum Gasteiger partial charge on any atom is 0.248 e. The van der Waals surface area contributed by atoms with E-state index in [0.29, 0.717) is 10.9 Å². The van der Waals surface area contributed by atoms with Gasteiger partial charge in [-0.2, -0.15) is 5.10 Å². The summed E-state index contributed by atoms with van der Waals surface area (Å²) in [4.78, 5) is 10.9. The average molecular weight is 209 g/mol. The van der Waals surface area contributed by atoms with Crippen LogP contribution < -0.4 is 5.32 Å². The summed E-state index contributed by atoms with van der Waals surface area (Å²) in [5.74, 6) is 0.471. The van der Waals surface area contributed by atoms with E-state index in [-0.39, 0.29) is 12.5 Å². The van der Waals surface area contributed by atoms with E-state index in [1.807, 2.05) is 0 Å². The summed E-state index contributed by atoms with van der Waals surface area (Å²) in [6.45, 7) is 0.163. The van der Waals surface area contributed by atoms with Crippen molar-refractivity contribution in [2.45, 2.75) is 0 Å². The van der Waals surface area contributed by atoms with Gasteiger partial charge in [-0.05, 0) is 24.4 Å². The predicted octanol–water partition coefficient (Wildman–Crippen LogP) is 0.330. The van der Waals surface area contributed by atoms with Crippen LogP contribution in [0.1, 0.15) is 5.76 Å². The van der Waals surface area contributed by atoms with E-state index >= 15 is 0 Å². The average Bonchev–Trinajstić information content (AvgIpc) is 2.72. The molecule has 1 aromatic heterocycles. The van der Waals surface area contributed by atoms with Crippen LogP contribution in [0, 0.1) is 0 Å². The van der Waals surface area contributed by atoms with Gasteiger partial charge >= 0.3 is 0 Å². The number of hydrogen-bond donors (Lipinski definition) is 1. The zero-order valence-electron chi connectivity index (χ0n) is 7.14. The second-order valence-electron chi connectivity index (χ2n) is 2.67. The van der Waals surface area contributed by atoms with Crippen molar-refractivity contribution in [3.05, 3.63) is 24.2 Å². The molecule has 0 saturated carbocycles. The molecule has 1 aliphatic heterocycles. The summed E-state index contributed by atoms with van der Waals surface area (Å²) in [7, 11) is 0. The summed E-state index contributed by atoms with van der Waals surface area (Å²) in [6, 6.07) is 3.52. The van der Waals surface area contributed by atoms with Crippen LogP contribution in [0.2, 0.25) is 0 Å². The fraction of sp³-hybridized carbons (Fsp3) is 0.125. The van der Waals surface area contributed by atoms with Crippen LogP contribution in [0.5, 0.6) is 0 Å². The number of nitrogens with one attached hydrogen (secondary N) is 1. The fourth-order valence-corrected chi connectivity index (χ4v) is 1.24. The van der Waals surface area contributed by atoms with Gasteiger partial charge in [0.1, 0.15) is 12.3 Å². The summed E-state index contributed by atoms with van der Waals surface area (Å²) in [5.41, 5.74) is 0. The fourth-order valence-electron chi connectivity index (χ4n) is 1.02. The lowest BCUT2D eigenvalue weighted by atomic mass is 10.5. The highest BCUT2D eigenvalue weighted by Gasteiger charge is 2.22. The molecular formula is C8H7N3O2S. The number of thiocarbonyl (C=S) groups is 1. The zero-order valence-corrected chi connectivity index (χ0v) is 7.95. The van der Waals surface area contributed by atoms with Crippen molar-refractivity contribution in [1.29, 1.82) is 0 Å². The lowest BCUT2D eigenvalue weighted by Gasteiger charge is -2.05. The van der Waals surface area contributed by atoms with Crippen molar-refractivity contribution in [3.63, 3.8) is 0 Å². The lowest BCUT2D eigenvalue weighted by Crippen LogP contribution is -2.23. The highest BCUT2D eigenvalue weighted by Crippen LogP contribution is 2.01. The first-order valence-electron chi connectivity index (χ1n) is 3.94. The molecule has 6 heteroatoms. The first-order chi connectivity index (χ1) is 6.75. The van der Waals surface area contributed by atoms with Crippen LogP contribution in [0.3, 0.4) is 0 Å². The molecule has 5 nitrogen and oxygen atoms in total. The largest absolute Gasteiger partial charge is 0.463 e. The third-order valence-electron chi connectivity index (χ3n) is 1.64. The molecular weight excluding hydrogens is 202 g/mol. The maximum atomic E-state index is 10.9. The highest BCUT2D eigenvalue weighted by atomic mass is 32.1. The quantitative estimate of drug-likeness (QED) is 0.563. The van der Waals surface area contributed by atoms with Crippen LogP contribution in [-0.4, -0.2) is 28.8 Å². The Morgan fingerprint density at radius 2 is 2.57 bits per heavy atom. The van der Waals surface area contributed by atoms with Crippen molar-refractivity contribution >= 4 is 29.5 Å². The Labute approximate surface area is 85.4 Å². The van der Waals surface area contributed by atoms with Crippen molar-refractivity contribution in [3.8, 4) is 0 Å². The molecule has 1 saturated heterocycles. The molecule has 0 aliphatic carbocycles. The Bertz CT molecular complexity index is 385. The Kier molecular flexibility index (Phi) is 2.28. The van der Waals surface area contributed by atoms with Gasteiger partial charge in [0, 0.05) is 0 Å². The molecule has 0 unspecified atom stereocenters. The van der Waals surface area contributed by atoms with Crippen LogP contribution in [0.25, 0.3) is 0 Å². The summed E-state index contributed by atoms with van der Waals surface area (Å²) >= 11 is 4.86. The van der Waals surface area contributed by atoms with Gasteiger partial charge in [-0.25, -0.2) is 5.01 Å². The zero-order chi connectivity index (χ0) is 9.97. The number of hydrazone groups is 1. The molecule has 2 heterocycles. The first-order valence-corrected chi connectivity index (χ1v) is 4.35. The number of carbonyl (C=O) groups is 1. The lowest BCUT2D eigenvalue weighted by molar-refractivity contribution is -0.118. The molecule has 0 atom stereocenters. The number of hydrogen-bond acceptors (Lipinski definition) is 4. The topological polar surface area (TPSA) is 57.8 Å². The number of carbonyl (C=O) groups excluding carboxylic acids is 1. The number of furan rings is 1. The van der Waals surface area contributed by atoms with Gasteiger partial charge in [0.15, 0.2) is 5.11 Å². The number of amides is 1. The molecule has 1 amide bonds. The molecule has 72 valence electrons. The van der Waals surface area contributed by atoms with Gasteiger partial charge in [-0.1, -0.05) is 0 Å². The molecule has 0 bridgehead atoms. The van der Waals surface area contributed by atoms with Gasteiger partial charge < -0.3 is 4.42 Å².